The SMILES string of the molecule is CC(C)CC(=O)C1=C(O)C(=O)N(c2cc(F)ccc2F)C1c1ccc(F)cc1. The average molecular weight is 389 g/mol. The summed E-state index contributed by atoms with van der Waals surface area (Å²) >= 11 is 0. The molecule has 0 bridgehead atoms. The fraction of sp³-hybridized carbons (Fsp3) is 0.238. The number of aliphatic hydroxyl groups is 1. The maximum Gasteiger partial charge on any atom is 0.294 e. The maximum atomic E-state index is 14.4. The van der Waals surface area contributed by atoms with Crippen LogP contribution in [-0.2, 0) is 9.59 Å². The van der Waals surface area contributed by atoms with Crippen LogP contribution in [0.3, 0.4) is 0 Å². The predicted molar refractivity (Wildman–Crippen MR) is 97.1 cm³/mol. The van der Waals surface area contributed by atoms with Crippen LogP contribution in [0, 0.1) is 23.4 Å². The Morgan fingerprint density at radius 3 is 2.29 bits per heavy atom. The van der Waals surface area contributed by atoms with Crippen LogP contribution in [0.25, 0.3) is 0 Å². The Morgan fingerprint density at radius 1 is 1.07 bits per heavy atom. The van der Waals surface area contributed by atoms with E-state index in [9.17, 15) is 27.9 Å². The van der Waals surface area contributed by atoms with Gasteiger partial charge < -0.3 is 5.11 Å². The number of benzene rings is 2. The fourth-order valence-corrected chi connectivity index (χ4v) is 3.25. The number of halogens is 3. The highest BCUT2D eigenvalue weighted by Crippen LogP contribution is 2.42. The monoisotopic (exact) mass is 389 g/mol. The number of Topliss-reactive ketones (excluding diaryl/α,β-unsaturated/α-hetero) is 1. The van der Waals surface area contributed by atoms with Crippen LogP contribution < -0.4 is 4.90 Å². The smallest absolute Gasteiger partial charge is 0.294 e. The largest absolute Gasteiger partial charge is 0.503 e. The Labute approximate surface area is 159 Å². The highest BCUT2D eigenvalue weighted by Gasteiger charge is 2.45. The molecule has 1 aliphatic heterocycles. The minimum atomic E-state index is -1.20. The predicted octanol–water partition coefficient (Wildman–Crippen LogP) is 4.62. The third-order valence-corrected chi connectivity index (χ3v) is 4.46. The molecule has 0 aliphatic carbocycles. The van der Waals surface area contributed by atoms with Gasteiger partial charge in [0.2, 0.25) is 0 Å². The molecule has 1 heterocycles. The van der Waals surface area contributed by atoms with E-state index >= 15 is 0 Å². The molecule has 28 heavy (non-hydrogen) atoms. The standard InChI is InChI=1S/C21H18F3NO3/c1-11(2)9-17(26)18-19(12-3-5-13(22)6-4-12)25(21(28)20(18)27)16-10-14(23)7-8-15(16)24/h3-8,10-11,19,27H,9H2,1-2H3. The zero-order valence-electron chi connectivity index (χ0n) is 15.2. The van der Waals surface area contributed by atoms with Crippen molar-refractivity contribution in [1.82, 2.24) is 0 Å². The first-order valence-corrected chi connectivity index (χ1v) is 8.71. The third-order valence-electron chi connectivity index (χ3n) is 4.46. The van der Waals surface area contributed by atoms with E-state index in [0.29, 0.717) is 0 Å². The first-order valence-electron chi connectivity index (χ1n) is 8.71. The fourth-order valence-electron chi connectivity index (χ4n) is 3.25. The third kappa shape index (κ3) is 3.52. The molecule has 7 heteroatoms. The lowest BCUT2D eigenvalue weighted by atomic mass is 9.92. The zero-order chi connectivity index (χ0) is 20.6. The molecule has 1 aliphatic rings. The topological polar surface area (TPSA) is 57.6 Å². The highest BCUT2D eigenvalue weighted by atomic mass is 19.1. The molecule has 4 nitrogen and oxygen atoms in total. The van der Waals surface area contributed by atoms with Gasteiger partial charge in [-0.15, -0.1) is 0 Å². The Hall–Kier alpha value is -3.09. The molecule has 0 aromatic heterocycles. The lowest BCUT2D eigenvalue weighted by Gasteiger charge is -2.27. The van der Waals surface area contributed by atoms with Crippen LogP contribution in [0.2, 0.25) is 0 Å². The molecule has 0 spiro atoms. The number of hydrogen-bond acceptors (Lipinski definition) is 3. The summed E-state index contributed by atoms with van der Waals surface area (Å²) in [6.45, 7) is 3.59. The van der Waals surface area contributed by atoms with Crippen LogP contribution in [0.4, 0.5) is 18.9 Å². The number of anilines is 1. The number of carbonyl (C=O) groups is 2. The van der Waals surface area contributed by atoms with Gasteiger partial charge in [0.15, 0.2) is 11.5 Å². The Kier molecular flexibility index (Phi) is 5.27. The van der Waals surface area contributed by atoms with E-state index < -0.39 is 46.6 Å². The lowest BCUT2D eigenvalue weighted by molar-refractivity contribution is -0.118. The minimum absolute atomic E-state index is 0.0455. The van der Waals surface area contributed by atoms with E-state index in [4.69, 9.17) is 0 Å². The summed E-state index contributed by atoms with van der Waals surface area (Å²) < 4.78 is 41.5. The maximum absolute atomic E-state index is 14.4. The molecule has 3 rings (SSSR count). The summed E-state index contributed by atoms with van der Waals surface area (Å²) in [6.07, 6.45) is 0.0455. The molecule has 0 radical (unpaired) electrons. The number of carbonyl (C=O) groups excluding carboxylic acids is 2. The molecule has 1 atom stereocenters. The van der Waals surface area contributed by atoms with E-state index in [-0.39, 0.29) is 23.5 Å². The average Bonchev–Trinajstić information content (AvgIpc) is 2.89. The van der Waals surface area contributed by atoms with Crippen molar-refractivity contribution in [2.45, 2.75) is 26.3 Å². The molecular weight excluding hydrogens is 371 g/mol. The van der Waals surface area contributed by atoms with E-state index in [2.05, 4.69) is 0 Å². The summed E-state index contributed by atoms with van der Waals surface area (Å²) in [5.74, 6) is -4.61. The normalized spacial score (nSPS) is 17.0. The van der Waals surface area contributed by atoms with E-state index in [1.54, 1.807) is 13.8 Å². The molecule has 2 aromatic rings. The van der Waals surface area contributed by atoms with Crippen molar-refractivity contribution in [3.05, 3.63) is 76.8 Å². The number of rotatable bonds is 5. The quantitative estimate of drug-likeness (QED) is 0.812. The molecule has 1 N–H and O–H groups in total. The summed E-state index contributed by atoms with van der Waals surface area (Å²) in [5, 5.41) is 10.4. The van der Waals surface area contributed by atoms with Crippen molar-refractivity contribution in [3.63, 3.8) is 0 Å². The van der Waals surface area contributed by atoms with Crippen LogP contribution in [-0.4, -0.2) is 16.8 Å². The van der Waals surface area contributed by atoms with Gasteiger partial charge in [0, 0.05) is 12.5 Å². The van der Waals surface area contributed by atoms with E-state index in [1.165, 1.54) is 12.1 Å². The second-order valence-electron chi connectivity index (χ2n) is 7.01. The van der Waals surface area contributed by atoms with Crippen LogP contribution in [0.15, 0.2) is 53.8 Å². The number of ketones is 1. The Morgan fingerprint density at radius 2 is 1.68 bits per heavy atom. The summed E-state index contributed by atoms with van der Waals surface area (Å²) in [4.78, 5) is 26.3. The van der Waals surface area contributed by atoms with Gasteiger partial charge in [-0.2, -0.15) is 0 Å². The number of hydrogen-bond donors (Lipinski definition) is 1. The molecule has 0 saturated carbocycles. The van der Waals surface area contributed by atoms with Crippen molar-refractivity contribution in [2.24, 2.45) is 5.92 Å². The molecule has 1 amide bonds. The second-order valence-corrected chi connectivity index (χ2v) is 7.01. The first kappa shape index (κ1) is 19.7. The number of amides is 1. The zero-order valence-corrected chi connectivity index (χ0v) is 15.2. The second kappa shape index (κ2) is 7.50. The van der Waals surface area contributed by atoms with Gasteiger partial charge in [0.25, 0.3) is 5.91 Å². The Balaban J connectivity index is 2.19. The van der Waals surface area contributed by atoms with Gasteiger partial charge in [-0.05, 0) is 35.7 Å². The van der Waals surface area contributed by atoms with E-state index in [0.717, 1.165) is 35.2 Å². The molecular formula is C21H18F3NO3. The lowest BCUT2D eigenvalue weighted by Crippen LogP contribution is -2.32. The number of aliphatic hydroxyl groups excluding tert-OH is 1. The minimum Gasteiger partial charge on any atom is -0.503 e. The van der Waals surface area contributed by atoms with Gasteiger partial charge in [-0.1, -0.05) is 26.0 Å². The molecule has 2 aromatic carbocycles. The molecule has 146 valence electrons. The summed E-state index contributed by atoms with van der Waals surface area (Å²) in [5.41, 5.74) is -0.346. The van der Waals surface area contributed by atoms with Crippen LogP contribution in [0.1, 0.15) is 31.9 Å². The van der Waals surface area contributed by atoms with Crippen LogP contribution >= 0.6 is 0 Å². The van der Waals surface area contributed by atoms with Crippen molar-refractivity contribution >= 4 is 17.4 Å². The van der Waals surface area contributed by atoms with Crippen molar-refractivity contribution in [1.29, 1.82) is 0 Å². The van der Waals surface area contributed by atoms with Crippen molar-refractivity contribution in [3.8, 4) is 0 Å². The first-order chi connectivity index (χ1) is 13.2. The highest BCUT2D eigenvalue weighted by molar-refractivity contribution is 6.16. The molecule has 0 fully saturated rings. The van der Waals surface area contributed by atoms with Gasteiger partial charge in [0.05, 0.1) is 17.3 Å². The van der Waals surface area contributed by atoms with Gasteiger partial charge in [0.1, 0.15) is 17.5 Å². The van der Waals surface area contributed by atoms with Crippen molar-refractivity contribution in [2.75, 3.05) is 4.90 Å². The number of nitrogens with zero attached hydrogens (tertiary/aromatic N) is 1. The van der Waals surface area contributed by atoms with Crippen molar-refractivity contribution < 1.29 is 27.9 Å². The van der Waals surface area contributed by atoms with Gasteiger partial charge in [-0.3, -0.25) is 14.5 Å². The Bertz CT molecular complexity index is 967. The summed E-state index contributed by atoms with van der Waals surface area (Å²) in [6, 6.07) is 6.27. The van der Waals surface area contributed by atoms with E-state index in [1.807, 2.05) is 0 Å². The molecule has 1 unspecified atom stereocenters. The summed E-state index contributed by atoms with van der Waals surface area (Å²) in [7, 11) is 0. The van der Waals surface area contributed by atoms with Gasteiger partial charge in [-0.25, -0.2) is 13.2 Å². The molecule has 0 saturated heterocycles. The van der Waals surface area contributed by atoms with Crippen LogP contribution in [0.5, 0.6) is 0 Å². The van der Waals surface area contributed by atoms with Gasteiger partial charge >= 0.3 is 0 Å².